The fraction of sp³-hybridized carbons (Fsp3) is 0.533. The molecule has 1 aromatic rings. The number of benzene rings is 1. The molecule has 0 aromatic heterocycles. The fourth-order valence-electron chi connectivity index (χ4n) is 1.92. The lowest BCUT2D eigenvalue weighted by Crippen LogP contribution is -2.41. The zero-order valence-corrected chi connectivity index (χ0v) is 12.2. The van der Waals surface area contributed by atoms with Gasteiger partial charge in [-0.1, -0.05) is 26.0 Å². The number of hydrogen-bond acceptors (Lipinski definition) is 3. The van der Waals surface area contributed by atoms with Crippen LogP contribution in [0.3, 0.4) is 0 Å². The van der Waals surface area contributed by atoms with E-state index in [1.807, 2.05) is 12.1 Å². The van der Waals surface area contributed by atoms with Crippen molar-refractivity contribution in [3.05, 3.63) is 35.4 Å². The SMILES string of the molecule is CC(C)C(CN(C)C)NCc1ccc(C(=O)O)cc1. The Morgan fingerprint density at radius 3 is 2.26 bits per heavy atom. The Bertz CT molecular complexity index is 399. The van der Waals surface area contributed by atoms with Crippen LogP contribution in [0, 0.1) is 5.92 Å². The topological polar surface area (TPSA) is 52.6 Å². The minimum Gasteiger partial charge on any atom is -0.478 e. The Hall–Kier alpha value is -1.39. The van der Waals surface area contributed by atoms with Crippen molar-refractivity contribution in [1.82, 2.24) is 10.2 Å². The molecule has 1 rings (SSSR count). The van der Waals surface area contributed by atoms with Gasteiger partial charge >= 0.3 is 5.97 Å². The van der Waals surface area contributed by atoms with E-state index in [1.165, 1.54) is 0 Å². The molecule has 0 fully saturated rings. The van der Waals surface area contributed by atoms with Crippen LogP contribution in [0.1, 0.15) is 29.8 Å². The van der Waals surface area contributed by atoms with Crippen LogP contribution in [0.25, 0.3) is 0 Å². The summed E-state index contributed by atoms with van der Waals surface area (Å²) in [5.74, 6) is -0.326. The molecular weight excluding hydrogens is 240 g/mol. The Balaban J connectivity index is 2.56. The molecule has 1 unspecified atom stereocenters. The first-order valence-corrected chi connectivity index (χ1v) is 6.60. The second-order valence-corrected chi connectivity index (χ2v) is 5.50. The maximum atomic E-state index is 10.8. The quantitative estimate of drug-likeness (QED) is 0.791. The van der Waals surface area contributed by atoms with Crippen molar-refractivity contribution in [1.29, 1.82) is 0 Å². The van der Waals surface area contributed by atoms with Gasteiger partial charge in [0.1, 0.15) is 0 Å². The number of carboxylic acid groups (broad SMARTS) is 1. The van der Waals surface area contributed by atoms with Gasteiger partial charge < -0.3 is 15.3 Å². The molecule has 1 aromatic carbocycles. The van der Waals surface area contributed by atoms with Crippen LogP contribution in [0.5, 0.6) is 0 Å². The first-order valence-electron chi connectivity index (χ1n) is 6.60. The lowest BCUT2D eigenvalue weighted by Gasteiger charge is -2.25. The predicted octanol–water partition coefficient (Wildman–Crippen LogP) is 2.06. The zero-order valence-electron chi connectivity index (χ0n) is 12.2. The van der Waals surface area contributed by atoms with Crippen LogP contribution in [0.15, 0.2) is 24.3 Å². The van der Waals surface area contributed by atoms with Crippen LogP contribution in [0.2, 0.25) is 0 Å². The van der Waals surface area contributed by atoms with E-state index in [4.69, 9.17) is 5.11 Å². The molecule has 0 bridgehead atoms. The molecular formula is C15H24N2O2. The van der Waals surface area contributed by atoms with Gasteiger partial charge in [0.25, 0.3) is 0 Å². The van der Waals surface area contributed by atoms with Crippen LogP contribution in [0.4, 0.5) is 0 Å². The molecule has 0 saturated heterocycles. The number of likely N-dealkylation sites (N-methyl/N-ethyl adjacent to an activating group) is 1. The third kappa shape index (κ3) is 5.41. The Kier molecular flexibility index (Phi) is 5.99. The molecule has 0 spiro atoms. The van der Waals surface area contributed by atoms with Crippen LogP contribution < -0.4 is 5.32 Å². The van der Waals surface area contributed by atoms with Gasteiger partial charge in [-0.05, 0) is 37.7 Å². The standard InChI is InChI=1S/C15H24N2O2/c1-11(2)14(10-17(3)4)16-9-12-5-7-13(8-6-12)15(18)19/h5-8,11,14,16H,9-10H2,1-4H3,(H,18,19). The van der Waals surface area contributed by atoms with Gasteiger partial charge in [0, 0.05) is 19.1 Å². The Morgan fingerprint density at radius 1 is 1.26 bits per heavy atom. The summed E-state index contributed by atoms with van der Waals surface area (Å²) in [7, 11) is 4.14. The maximum Gasteiger partial charge on any atom is 0.335 e. The molecule has 0 aliphatic heterocycles. The lowest BCUT2D eigenvalue weighted by molar-refractivity contribution is 0.0697. The molecule has 1 atom stereocenters. The van der Waals surface area contributed by atoms with Gasteiger partial charge in [0.2, 0.25) is 0 Å². The largest absolute Gasteiger partial charge is 0.478 e. The lowest BCUT2D eigenvalue weighted by atomic mass is 10.0. The third-order valence-corrected chi connectivity index (χ3v) is 3.14. The molecule has 0 aliphatic rings. The van der Waals surface area contributed by atoms with Crippen LogP contribution >= 0.6 is 0 Å². The number of nitrogens with one attached hydrogen (secondary N) is 1. The molecule has 0 aliphatic carbocycles. The molecule has 4 heteroatoms. The van der Waals surface area contributed by atoms with Crippen LogP contribution in [-0.2, 0) is 6.54 Å². The normalized spacial score (nSPS) is 12.9. The van der Waals surface area contributed by atoms with Crippen molar-refractivity contribution in [2.45, 2.75) is 26.4 Å². The number of carbonyl (C=O) groups is 1. The highest BCUT2D eigenvalue weighted by atomic mass is 16.4. The minimum atomic E-state index is -0.882. The van der Waals surface area contributed by atoms with E-state index in [2.05, 4.69) is 38.2 Å². The minimum absolute atomic E-state index is 0.331. The molecule has 4 nitrogen and oxygen atoms in total. The number of nitrogens with zero attached hydrogens (tertiary/aromatic N) is 1. The Labute approximate surface area is 115 Å². The highest BCUT2D eigenvalue weighted by Gasteiger charge is 2.13. The van der Waals surface area contributed by atoms with Gasteiger partial charge in [-0.2, -0.15) is 0 Å². The first-order chi connectivity index (χ1) is 8.90. The van der Waals surface area contributed by atoms with Crippen molar-refractivity contribution < 1.29 is 9.90 Å². The van der Waals surface area contributed by atoms with E-state index in [1.54, 1.807) is 12.1 Å². The fourth-order valence-corrected chi connectivity index (χ4v) is 1.92. The monoisotopic (exact) mass is 264 g/mol. The van der Waals surface area contributed by atoms with E-state index >= 15 is 0 Å². The smallest absolute Gasteiger partial charge is 0.335 e. The zero-order chi connectivity index (χ0) is 14.4. The molecule has 2 N–H and O–H groups in total. The number of rotatable bonds is 7. The van der Waals surface area contributed by atoms with Crippen molar-refractivity contribution in [2.24, 2.45) is 5.92 Å². The highest BCUT2D eigenvalue weighted by molar-refractivity contribution is 5.87. The van der Waals surface area contributed by atoms with E-state index in [9.17, 15) is 4.79 Å². The first kappa shape index (κ1) is 15.7. The van der Waals surface area contributed by atoms with Gasteiger partial charge in [-0.15, -0.1) is 0 Å². The number of hydrogen-bond donors (Lipinski definition) is 2. The van der Waals surface area contributed by atoms with Crippen LogP contribution in [-0.4, -0.2) is 42.7 Å². The van der Waals surface area contributed by atoms with Gasteiger partial charge in [0.15, 0.2) is 0 Å². The maximum absolute atomic E-state index is 10.8. The van der Waals surface area contributed by atoms with E-state index in [0.29, 0.717) is 17.5 Å². The van der Waals surface area contributed by atoms with Crippen molar-refractivity contribution in [3.8, 4) is 0 Å². The summed E-state index contributed by atoms with van der Waals surface area (Å²) in [6.45, 7) is 6.16. The molecule has 0 saturated carbocycles. The number of carboxylic acids is 1. The molecule has 19 heavy (non-hydrogen) atoms. The second-order valence-electron chi connectivity index (χ2n) is 5.50. The summed E-state index contributed by atoms with van der Waals surface area (Å²) in [5, 5.41) is 12.4. The van der Waals surface area contributed by atoms with E-state index in [0.717, 1.165) is 18.7 Å². The molecule has 106 valence electrons. The van der Waals surface area contributed by atoms with Crippen molar-refractivity contribution in [3.63, 3.8) is 0 Å². The van der Waals surface area contributed by atoms with Crippen molar-refractivity contribution >= 4 is 5.97 Å². The number of aromatic carboxylic acids is 1. The summed E-state index contributed by atoms with van der Waals surface area (Å²) >= 11 is 0. The summed E-state index contributed by atoms with van der Waals surface area (Å²) < 4.78 is 0. The van der Waals surface area contributed by atoms with Gasteiger partial charge in [0.05, 0.1) is 5.56 Å². The summed E-state index contributed by atoms with van der Waals surface area (Å²) in [5.41, 5.74) is 1.44. The summed E-state index contributed by atoms with van der Waals surface area (Å²) in [4.78, 5) is 12.9. The van der Waals surface area contributed by atoms with Crippen molar-refractivity contribution in [2.75, 3.05) is 20.6 Å². The molecule has 0 radical (unpaired) electrons. The third-order valence-electron chi connectivity index (χ3n) is 3.14. The van der Waals surface area contributed by atoms with Gasteiger partial charge in [-0.3, -0.25) is 0 Å². The molecule has 0 amide bonds. The highest BCUT2D eigenvalue weighted by Crippen LogP contribution is 2.07. The average molecular weight is 264 g/mol. The van der Waals surface area contributed by atoms with E-state index in [-0.39, 0.29) is 0 Å². The van der Waals surface area contributed by atoms with Gasteiger partial charge in [-0.25, -0.2) is 4.79 Å². The summed E-state index contributed by atoms with van der Waals surface area (Å²) in [6, 6.07) is 7.45. The Morgan fingerprint density at radius 2 is 1.84 bits per heavy atom. The molecule has 0 heterocycles. The predicted molar refractivity (Wildman–Crippen MR) is 77.4 cm³/mol. The second kappa shape index (κ2) is 7.26. The van der Waals surface area contributed by atoms with E-state index < -0.39 is 5.97 Å². The average Bonchev–Trinajstić information content (AvgIpc) is 2.34. The summed E-state index contributed by atoms with van der Waals surface area (Å²) in [6.07, 6.45) is 0.